The molecule has 120 valence electrons. The minimum atomic E-state index is 0.0429. The zero-order valence-corrected chi connectivity index (χ0v) is 14.0. The molecule has 2 rings (SSSR count). The molecule has 1 N–H and O–H groups in total. The lowest BCUT2D eigenvalue weighted by molar-refractivity contribution is -0.0166. The summed E-state index contributed by atoms with van der Waals surface area (Å²) in [6.07, 6.45) is 0.233. The van der Waals surface area contributed by atoms with Gasteiger partial charge < -0.3 is 14.8 Å². The SMILES string of the molecule is CC(C)NCC(COc1cccc2ccccc12)OC(C)C. The van der Waals surface area contributed by atoms with Gasteiger partial charge in [0.15, 0.2) is 0 Å². The molecule has 2 aromatic carbocycles. The maximum atomic E-state index is 6.05. The molecule has 0 aliphatic rings. The number of nitrogens with one attached hydrogen (secondary N) is 1. The van der Waals surface area contributed by atoms with Crippen LogP contribution in [0.4, 0.5) is 0 Å². The van der Waals surface area contributed by atoms with E-state index in [9.17, 15) is 0 Å². The smallest absolute Gasteiger partial charge is 0.127 e. The van der Waals surface area contributed by atoms with Crippen LogP contribution in [0, 0.1) is 0 Å². The largest absolute Gasteiger partial charge is 0.490 e. The van der Waals surface area contributed by atoms with Gasteiger partial charge in [-0.1, -0.05) is 50.2 Å². The third-order valence-corrected chi connectivity index (χ3v) is 3.39. The van der Waals surface area contributed by atoms with Gasteiger partial charge in [0.2, 0.25) is 0 Å². The van der Waals surface area contributed by atoms with Crippen molar-refractivity contribution in [1.29, 1.82) is 0 Å². The van der Waals surface area contributed by atoms with E-state index < -0.39 is 0 Å². The van der Waals surface area contributed by atoms with Crippen LogP contribution in [0.3, 0.4) is 0 Å². The van der Waals surface area contributed by atoms with E-state index in [1.54, 1.807) is 0 Å². The molecule has 3 heteroatoms. The molecule has 0 amide bonds. The zero-order chi connectivity index (χ0) is 15.9. The molecule has 0 bridgehead atoms. The zero-order valence-electron chi connectivity index (χ0n) is 14.0. The predicted molar refractivity (Wildman–Crippen MR) is 92.6 cm³/mol. The minimum absolute atomic E-state index is 0.0429. The lowest BCUT2D eigenvalue weighted by atomic mass is 10.1. The number of rotatable bonds is 8. The van der Waals surface area contributed by atoms with Crippen LogP contribution in [0.25, 0.3) is 10.8 Å². The molecular weight excluding hydrogens is 274 g/mol. The average molecular weight is 301 g/mol. The molecule has 0 saturated heterocycles. The molecule has 0 spiro atoms. The highest BCUT2D eigenvalue weighted by Gasteiger charge is 2.13. The van der Waals surface area contributed by atoms with Gasteiger partial charge in [0.1, 0.15) is 18.5 Å². The third kappa shape index (κ3) is 5.00. The first-order chi connectivity index (χ1) is 10.6. The maximum Gasteiger partial charge on any atom is 0.127 e. The van der Waals surface area contributed by atoms with Crippen molar-refractivity contribution in [3.8, 4) is 5.75 Å². The summed E-state index contributed by atoms with van der Waals surface area (Å²) in [6.45, 7) is 9.73. The Balaban J connectivity index is 2.03. The second-order valence-corrected chi connectivity index (χ2v) is 6.16. The van der Waals surface area contributed by atoms with Crippen molar-refractivity contribution in [2.24, 2.45) is 0 Å². The first-order valence-electron chi connectivity index (χ1n) is 8.05. The molecule has 0 saturated carbocycles. The fourth-order valence-corrected chi connectivity index (χ4v) is 2.40. The van der Waals surface area contributed by atoms with Crippen LogP contribution in [0.5, 0.6) is 5.75 Å². The van der Waals surface area contributed by atoms with Gasteiger partial charge in [-0.05, 0) is 25.3 Å². The Morgan fingerprint density at radius 2 is 1.68 bits per heavy atom. The highest BCUT2D eigenvalue weighted by Crippen LogP contribution is 2.25. The van der Waals surface area contributed by atoms with Gasteiger partial charge >= 0.3 is 0 Å². The second kappa shape index (κ2) is 8.16. The number of benzene rings is 2. The van der Waals surface area contributed by atoms with Gasteiger partial charge in [0.05, 0.1) is 6.10 Å². The molecule has 22 heavy (non-hydrogen) atoms. The molecule has 0 fully saturated rings. The number of hydrogen-bond acceptors (Lipinski definition) is 3. The van der Waals surface area contributed by atoms with Crippen LogP contribution in [-0.4, -0.2) is 31.4 Å². The first kappa shape index (κ1) is 16.8. The summed E-state index contributed by atoms with van der Waals surface area (Å²) in [7, 11) is 0. The Labute approximate surface area is 133 Å². The summed E-state index contributed by atoms with van der Waals surface area (Å²) in [6, 6.07) is 14.9. The van der Waals surface area contributed by atoms with Crippen LogP contribution in [0.1, 0.15) is 27.7 Å². The van der Waals surface area contributed by atoms with Crippen LogP contribution in [-0.2, 0) is 4.74 Å². The Morgan fingerprint density at radius 3 is 2.41 bits per heavy atom. The van der Waals surface area contributed by atoms with Crippen molar-refractivity contribution in [1.82, 2.24) is 5.32 Å². The average Bonchev–Trinajstić information content (AvgIpc) is 2.49. The number of fused-ring (bicyclic) bond motifs is 1. The van der Waals surface area contributed by atoms with Crippen molar-refractivity contribution in [3.05, 3.63) is 42.5 Å². The summed E-state index contributed by atoms with van der Waals surface area (Å²) in [4.78, 5) is 0. The van der Waals surface area contributed by atoms with Crippen LogP contribution in [0.2, 0.25) is 0 Å². The van der Waals surface area contributed by atoms with Crippen LogP contribution < -0.4 is 10.1 Å². The molecule has 0 aliphatic heterocycles. The second-order valence-electron chi connectivity index (χ2n) is 6.16. The first-order valence-corrected chi connectivity index (χ1v) is 8.05. The fraction of sp³-hybridized carbons (Fsp3) is 0.474. The quantitative estimate of drug-likeness (QED) is 0.799. The van der Waals surface area contributed by atoms with Gasteiger partial charge in [0.25, 0.3) is 0 Å². The van der Waals surface area contributed by atoms with Crippen LogP contribution in [0.15, 0.2) is 42.5 Å². The standard InChI is InChI=1S/C19H27NO2/c1-14(2)20-12-17(22-15(3)4)13-21-19-11-7-9-16-8-5-6-10-18(16)19/h5-11,14-15,17,20H,12-13H2,1-4H3. The van der Waals surface area contributed by atoms with Crippen molar-refractivity contribution in [2.75, 3.05) is 13.2 Å². The van der Waals surface area contributed by atoms with Gasteiger partial charge in [-0.3, -0.25) is 0 Å². The predicted octanol–water partition coefficient (Wildman–Crippen LogP) is 4.01. The summed E-state index contributed by atoms with van der Waals surface area (Å²) in [5, 5.41) is 5.76. The molecule has 1 unspecified atom stereocenters. The van der Waals surface area contributed by atoms with E-state index in [0.717, 1.165) is 17.7 Å². The lowest BCUT2D eigenvalue weighted by Crippen LogP contribution is -2.38. The van der Waals surface area contributed by atoms with E-state index in [1.807, 2.05) is 24.3 Å². The summed E-state index contributed by atoms with van der Waals surface area (Å²) in [5.74, 6) is 0.917. The van der Waals surface area contributed by atoms with Crippen molar-refractivity contribution in [2.45, 2.75) is 45.9 Å². The number of ether oxygens (including phenoxy) is 2. The van der Waals surface area contributed by atoms with E-state index >= 15 is 0 Å². The Kier molecular flexibility index (Phi) is 6.22. The molecular formula is C19H27NO2. The molecule has 3 nitrogen and oxygen atoms in total. The topological polar surface area (TPSA) is 30.5 Å². The molecule has 0 aromatic heterocycles. The Morgan fingerprint density at radius 1 is 0.955 bits per heavy atom. The third-order valence-electron chi connectivity index (χ3n) is 3.39. The molecule has 0 radical (unpaired) electrons. The molecule has 1 atom stereocenters. The molecule has 0 heterocycles. The lowest BCUT2D eigenvalue weighted by Gasteiger charge is -2.23. The van der Waals surface area contributed by atoms with Gasteiger partial charge in [-0.2, -0.15) is 0 Å². The van der Waals surface area contributed by atoms with Crippen molar-refractivity contribution < 1.29 is 9.47 Å². The van der Waals surface area contributed by atoms with E-state index in [-0.39, 0.29) is 12.2 Å². The molecule has 2 aromatic rings. The maximum absolute atomic E-state index is 6.05. The minimum Gasteiger partial charge on any atom is -0.490 e. The van der Waals surface area contributed by atoms with E-state index in [1.165, 1.54) is 5.39 Å². The Hall–Kier alpha value is -1.58. The van der Waals surface area contributed by atoms with E-state index in [4.69, 9.17) is 9.47 Å². The highest BCUT2D eigenvalue weighted by atomic mass is 16.5. The van der Waals surface area contributed by atoms with E-state index in [2.05, 4.69) is 51.2 Å². The summed E-state index contributed by atoms with van der Waals surface area (Å²) in [5.41, 5.74) is 0. The number of hydrogen-bond donors (Lipinski definition) is 1. The van der Waals surface area contributed by atoms with Gasteiger partial charge in [0, 0.05) is 18.0 Å². The van der Waals surface area contributed by atoms with Crippen LogP contribution >= 0.6 is 0 Å². The van der Waals surface area contributed by atoms with Gasteiger partial charge in [-0.15, -0.1) is 0 Å². The fourth-order valence-electron chi connectivity index (χ4n) is 2.40. The highest BCUT2D eigenvalue weighted by molar-refractivity contribution is 5.88. The Bertz CT molecular complexity index is 575. The van der Waals surface area contributed by atoms with Gasteiger partial charge in [-0.25, -0.2) is 0 Å². The normalized spacial score (nSPS) is 13.0. The van der Waals surface area contributed by atoms with Crippen molar-refractivity contribution >= 4 is 10.8 Å². The summed E-state index contributed by atoms with van der Waals surface area (Å²) < 4.78 is 12.0. The van der Waals surface area contributed by atoms with Crippen molar-refractivity contribution in [3.63, 3.8) is 0 Å². The van der Waals surface area contributed by atoms with E-state index in [0.29, 0.717) is 12.6 Å². The monoisotopic (exact) mass is 301 g/mol. The summed E-state index contributed by atoms with van der Waals surface area (Å²) >= 11 is 0. The molecule has 0 aliphatic carbocycles.